The molecule has 0 aromatic carbocycles. The van der Waals surface area contributed by atoms with Gasteiger partial charge in [0, 0.05) is 6.04 Å². The second-order valence-electron chi connectivity index (χ2n) is 6.56. The van der Waals surface area contributed by atoms with Gasteiger partial charge in [-0.25, -0.2) is 0 Å². The Morgan fingerprint density at radius 2 is 1.65 bits per heavy atom. The molecule has 2 unspecified atom stereocenters. The van der Waals surface area contributed by atoms with Gasteiger partial charge < -0.3 is 5.32 Å². The summed E-state index contributed by atoms with van der Waals surface area (Å²) >= 11 is 0. The summed E-state index contributed by atoms with van der Waals surface area (Å²) < 4.78 is 0. The van der Waals surface area contributed by atoms with E-state index in [2.05, 4.69) is 19.2 Å². The Hall–Kier alpha value is -0.0400. The van der Waals surface area contributed by atoms with E-state index in [1.54, 1.807) is 0 Å². The molecule has 0 aromatic heterocycles. The average Bonchev–Trinajstić information content (AvgIpc) is 2.38. The minimum atomic E-state index is 0.840. The summed E-state index contributed by atoms with van der Waals surface area (Å²) in [6.07, 6.45) is 13.1. The van der Waals surface area contributed by atoms with Crippen molar-refractivity contribution in [1.82, 2.24) is 5.32 Å². The molecule has 0 aromatic rings. The molecule has 0 saturated heterocycles. The zero-order valence-corrected chi connectivity index (χ0v) is 11.9. The molecule has 0 heterocycles. The Morgan fingerprint density at radius 3 is 2.29 bits per heavy atom. The lowest BCUT2D eigenvalue weighted by Gasteiger charge is -2.33. The highest BCUT2D eigenvalue weighted by molar-refractivity contribution is 4.80. The molecule has 2 fully saturated rings. The fourth-order valence-corrected chi connectivity index (χ4v) is 3.79. The molecule has 1 N–H and O–H groups in total. The molecular formula is C16H31N. The Labute approximate surface area is 108 Å². The molecule has 2 aliphatic rings. The zero-order valence-electron chi connectivity index (χ0n) is 11.9. The molecular weight excluding hydrogens is 206 g/mol. The second kappa shape index (κ2) is 6.78. The third-order valence-electron chi connectivity index (χ3n) is 5.38. The highest BCUT2D eigenvalue weighted by atomic mass is 14.9. The van der Waals surface area contributed by atoms with E-state index in [1.807, 2.05) is 0 Å². The smallest absolute Gasteiger partial charge is 0.00673 e. The van der Waals surface area contributed by atoms with Crippen LogP contribution in [0.1, 0.15) is 71.6 Å². The van der Waals surface area contributed by atoms with Crippen molar-refractivity contribution in [3.05, 3.63) is 0 Å². The predicted octanol–water partition coefficient (Wildman–Crippen LogP) is 4.37. The van der Waals surface area contributed by atoms with Gasteiger partial charge in [0.25, 0.3) is 0 Å². The molecule has 0 spiro atoms. The summed E-state index contributed by atoms with van der Waals surface area (Å²) in [7, 11) is 0. The minimum absolute atomic E-state index is 0.840. The normalized spacial score (nSPS) is 39.2. The van der Waals surface area contributed by atoms with E-state index in [4.69, 9.17) is 0 Å². The minimum Gasteiger partial charge on any atom is -0.314 e. The van der Waals surface area contributed by atoms with Crippen LogP contribution in [0, 0.1) is 17.8 Å². The van der Waals surface area contributed by atoms with E-state index in [-0.39, 0.29) is 0 Å². The topological polar surface area (TPSA) is 12.0 Å². The monoisotopic (exact) mass is 237 g/mol. The summed E-state index contributed by atoms with van der Waals surface area (Å²) in [4.78, 5) is 0. The summed E-state index contributed by atoms with van der Waals surface area (Å²) in [5.74, 6) is 2.96. The Morgan fingerprint density at radius 1 is 0.941 bits per heavy atom. The number of hydrogen-bond acceptors (Lipinski definition) is 1. The fourth-order valence-electron chi connectivity index (χ4n) is 3.79. The van der Waals surface area contributed by atoms with E-state index < -0.39 is 0 Å². The van der Waals surface area contributed by atoms with Gasteiger partial charge in [0.2, 0.25) is 0 Å². The molecule has 2 atom stereocenters. The van der Waals surface area contributed by atoms with Crippen molar-refractivity contribution >= 4 is 0 Å². The van der Waals surface area contributed by atoms with Crippen LogP contribution in [0.15, 0.2) is 0 Å². The molecule has 0 bridgehead atoms. The van der Waals surface area contributed by atoms with Crippen molar-refractivity contribution < 1.29 is 0 Å². The van der Waals surface area contributed by atoms with Crippen LogP contribution in [0.3, 0.4) is 0 Å². The van der Waals surface area contributed by atoms with Crippen molar-refractivity contribution in [2.45, 2.75) is 77.7 Å². The highest BCUT2D eigenvalue weighted by Gasteiger charge is 2.24. The first-order chi connectivity index (χ1) is 8.29. The van der Waals surface area contributed by atoms with Crippen LogP contribution in [0.25, 0.3) is 0 Å². The lowest BCUT2D eigenvalue weighted by molar-refractivity contribution is 0.220. The molecule has 2 rings (SSSR count). The first kappa shape index (κ1) is 13.4. The van der Waals surface area contributed by atoms with Crippen LogP contribution < -0.4 is 5.32 Å². The maximum Gasteiger partial charge on any atom is 0.00673 e. The van der Waals surface area contributed by atoms with Gasteiger partial charge in [-0.15, -0.1) is 0 Å². The number of hydrogen-bond donors (Lipinski definition) is 1. The first-order valence-electron chi connectivity index (χ1n) is 8.03. The van der Waals surface area contributed by atoms with Gasteiger partial charge in [0.15, 0.2) is 0 Å². The van der Waals surface area contributed by atoms with Gasteiger partial charge in [-0.1, -0.05) is 39.5 Å². The Bertz CT molecular complexity index is 206. The predicted molar refractivity (Wildman–Crippen MR) is 75.2 cm³/mol. The van der Waals surface area contributed by atoms with Gasteiger partial charge in [0.05, 0.1) is 0 Å². The van der Waals surface area contributed by atoms with Crippen LogP contribution >= 0.6 is 0 Å². The van der Waals surface area contributed by atoms with Crippen molar-refractivity contribution in [1.29, 1.82) is 0 Å². The summed E-state index contributed by atoms with van der Waals surface area (Å²) in [5, 5.41) is 3.87. The quantitative estimate of drug-likeness (QED) is 0.765. The molecule has 100 valence electrons. The van der Waals surface area contributed by atoms with Gasteiger partial charge in [-0.2, -0.15) is 0 Å². The third kappa shape index (κ3) is 3.98. The van der Waals surface area contributed by atoms with Crippen LogP contribution in [0.4, 0.5) is 0 Å². The lowest BCUT2D eigenvalue weighted by atomic mass is 9.79. The first-order valence-corrected chi connectivity index (χ1v) is 8.03. The molecule has 2 saturated carbocycles. The number of rotatable bonds is 4. The van der Waals surface area contributed by atoms with Crippen LogP contribution in [-0.2, 0) is 0 Å². The second-order valence-corrected chi connectivity index (χ2v) is 6.56. The SMILES string of the molecule is CCC1CCC(NCC2CCCCC2C)CC1. The lowest BCUT2D eigenvalue weighted by Crippen LogP contribution is -2.38. The Balaban J connectivity index is 1.65. The van der Waals surface area contributed by atoms with Gasteiger partial charge in [-0.05, 0) is 56.4 Å². The van der Waals surface area contributed by atoms with Gasteiger partial charge in [0.1, 0.15) is 0 Å². The molecule has 0 aliphatic heterocycles. The van der Waals surface area contributed by atoms with Crippen molar-refractivity contribution in [2.24, 2.45) is 17.8 Å². The van der Waals surface area contributed by atoms with E-state index in [0.717, 1.165) is 23.8 Å². The molecule has 0 radical (unpaired) electrons. The summed E-state index contributed by atoms with van der Waals surface area (Å²) in [6.45, 7) is 6.10. The average molecular weight is 237 g/mol. The molecule has 17 heavy (non-hydrogen) atoms. The summed E-state index contributed by atoms with van der Waals surface area (Å²) in [5.41, 5.74) is 0. The standard InChI is InChI=1S/C16H31N/c1-3-14-8-10-16(11-9-14)17-12-15-7-5-4-6-13(15)2/h13-17H,3-12H2,1-2H3. The zero-order chi connectivity index (χ0) is 12.1. The molecule has 0 amide bonds. The molecule has 1 nitrogen and oxygen atoms in total. The van der Waals surface area contributed by atoms with E-state index in [0.29, 0.717) is 0 Å². The van der Waals surface area contributed by atoms with E-state index in [1.165, 1.54) is 64.3 Å². The highest BCUT2D eigenvalue weighted by Crippen LogP contribution is 2.30. The van der Waals surface area contributed by atoms with Crippen LogP contribution in [0.5, 0.6) is 0 Å². The third-order valence-corrected chi connectivity index (χ3v) is 5.38. The Kier molecular flexibility index (Phi) is 5.34. The van der Waals surface area contributed by atoms with Crippen LogP contribution in [-0.4, -0.2) is 12.6 Å². The van der Waals surface area contributed by atoms with E-state index >= 15 is 0 Å². The molecule has 1 heteroatoms. The van der Waals surface area contributed by atoms with Gasteiger partial charge in [-0.3, -0.25) is 0 Å². The fraction of sp³-hybridized carbons (Fsp3) is 1.00. The van der Waals surface area contributed by atoms with Crippen molar-refractivity contribution in [3.8, 4) is 0 Å². The van der Waals surface area contributed by atoms with E-state index in [9.17, 15) is 0 Å². The maximum absolute atomic E-state index is 3.87. The molecule has 2 aliphatic carbocycles. The largest absolute Gasteiger partial charge is 0.314 e. The van der Waals surface area contributed by atoms with Crippen molar-refractivity contribution in [2.75, 3.05) is 6.54 Å². The summed E-state index contributed by atoms with van der Waals surface area (Å²) in [6, 6.07) is 0.840. The maximum atomic E-state index is 3.87. The van der Waals surface area contributed by atoms with Crippen LogP contribution in [0.2, 0.25) is 0 Å². The van der Waals surface area contributed by atoms with Crippen molar-refractivity contribution in [3.63, 3.8) is 0 Å². The van der Waals surface area contributed by atoms with Gasteiger partial charge >= 0.3 is 0 Å². The number of nitrogens with one attached hydrogen (secondary N) is 1.